The molecule has 2 nitrogen and oxygen atoms in total. The zero-order valence-corrected chi connectivity index (χ0v) is 12.6. The fraction of sp³-hybridized carbons (Fsp3) is 0.0588. The van der Waals surface area contributed by atoms with Crippen LogP contribution in [0.25, 0.3) is 0 Å². The van der Waals surface area contributed by atoms with Gasteiger partial charge in [0.15, 0.2) is 0 Å². The van der Waals surface area contributed by atoms with Gasteiger partial charge >= 0.3 is 0 Å². The van der Waals surface area contributed by atoms with E-state index < -0.39 is 4.93 Å². The number of hydrogen-bond acceptors (Lipinski definition) is 2. The highest BCUT2D eigenvalue weighted by Crippen LogP contribution is 2.55. The van der Waals surface area contributed by atoms with Crippen LogP contribution in [0.15, 0.2) is 71.8 Å². The maximum atomic E-state index is 6.35. The maximum Gasteiger partial charge on any atom is 0.225 e. The largest absolute Gasteiger partial charge is 0.465 e. The van der Waals surface area contributed by atoms with Crippen LogP contribution in [-0.2, 0) is 4.93 Å². The number of fused-ring (bicyclic) bond motifs is 1. The van der Waals surface area contributed by atoms with Crippen LogP contribution in [0, 0.1) is 0 Å². The van der Waals surface area contributed by atoms with E-state index in [4.69, 9.17) is 16.3 Å². The lowest BCUT2D eigenvalue weighted by atomic mass is 10.1. The standard InChI is InChI=1S/C17H12ClNOS/c18-13-9-7-12(8-10-13)17(16-6-3-11-19-16)20-14-4-1-2-5-15(14)21-17/h1-11,19H. The molecule has 4 rings (SSSR count). The number of aromatic nitrogens is 1. The molecule has 1 aliphatic heterocycles. The van der Waals surface area contributed by atoms with Crippen LogP contribution >= 0.6 is 23.4 Å². The summed E-state index contributed by atoms with van der Waals surface area (Å²) in [6, 6.07) is 20.0. The van der Waals surface area contributed by atoms with E-state index in [9.17, 15) is 0 Å². The average Bonchev–Trinajstić information content (AvgIpc) is 3.16. The first-order valence-electron chi connectivity index (χ1n) is 6.65. The Kier molecular flexibility index (Phi) is 2.98. The Morgan fingerprint density at radius 3 is 2.48 bits per heavy atom. The SMILES string of the molecule is Clc1ccc(C2(c3ccc[nH]3)Oc3ccccc3S2)cc1. The first kappa shape index (κ1) is 12.9. The molecule has 0 aliphatic carbocycles. The van der Waals surface area contributed by atoms with Gasteiger partial charge in [0.25, 0.3) is 0 Å². The number of halogens is 1. The molecule has 1 N–H and O–H groups in total. The van der Waals surface area contributed by atoms with E-state index in [2.05, 4.69) is 11.1 Å². The summed E-state index contributed by atoms with van der Waals surface area (Å²) in [7, 11) is 0. The Bertz CT molecular complexity index is 743. The van der Waals surface area contributed by atoms with Crippen molar-refractivity contribution in [3.05, 3.63) is 83.1 Å². The van der Waals surface area contributed by atoms with E-state index in [1.165, 1.54) is 0 Å². The molecule has 0 spiro atoms. The zero-order chi connectivity index (χ0) is 14.3. The lowest BCUT2D eigenvalue weighted by Crippen LogP contribution is -2.28. The highest BCUT2D eigenvalue weighted by molar-refractivity contribution is 8.00. The van der Waals surface area contributed by atoms with Crippen molar-refractivity contribution in [1.82, 2.24) is 4.98 Å². The van der Waals surface area contributed by atoms with Gasteiger partial charge in [-0.25, -0.2) is 0 Å². The van der Waals surface area contributed by atoms with Gasteiger partial charge in [-0.1, -0.05) is 47.6 Å². The lowest BCUT2D eigenvalue weighted by Gasteiger charge is -2.27. The molecule has 1 aliphatic rings. The Morgan fingerprint density at radius 1 is 0.952 bits per heavy atom. The molecule has 1 aromatic heterocycles. The molecule has 2 heterocycles. The summed E-state index contributed by atoms with van der Waals surface area (Å²) in [5, 5.41) is 0.723. The van der Waals surface area contributed by atoms with Crippen LogP contribution < -0.4 is 4.74 Å². The van der Waals surface area contributed by atoms with Crippen LogP contribution in [0.1, 0.15) is 11.3 Å². The van der Waals surface area contributed by atoms with Crippen molar-refractivity contribution in [2.75, 3.05) is 0 Å². The van der Waals surface area contributed by atoms with Crippen LogP contribution in [0.3, 0.4) is 0 Å². The van der Waals surface area contributed by atoms with Crippen LogP contribution in [0.4, 0.5) is 0 Å². The number of hydrogen-bond donors (Lipinski definition) is 1. The molecule has 0 radical (unpaired) electrons. The second-order valence-electron chi connectivity index (χ2n) is 4.86. The molecule has 0 saturated heterocycles. The van der Waals surface area contributed by atoms with Gasteiger partial charge < -0.3 is 9.72 Å². The van der Waals surface area contributed by atoms with Crippen molar-refractivity contribution in [3.8, 4) is 5.75 Å². The minimum atomic E-state index is -0.586. The Hall–Kier alpha value is -1.84. The second kappa shape index (κ2) is 4.86. The predicted octanol–water partition coefficient (Wildman–Crippen LogP) is 5.05. The van der Waals surface area contributed by atoms with Crippen LogP contribution in [0.2, 0.25) is 5.02 Å². The summed E-state index contributed by atoms with van der Waals surface area (Å²) in [6.45, 7) is 0. The van der Waals surface area contributed by atoms with Crippen LogP contribution in [0.5, 0.6) is 5.75 Å². The highest BCUT2D eigenvalue weighted by atomic mass is 35.5. The number of aromatic amines is 1. The monoisotopic (exact) mass is 313 g/mol. The summed E-state index contributed by atoms with van der Waals surface area (Å²) in [5.74, 6) is 0.909. The number of H-pyrrole nitrogens is 1. The number of benzene rings is 2. The van der Waals surface area contributed by atoms with Crippen molar-refractivity contribution in [3.63, 3.8) is 0 Å². The van der Waals surface area contributed by atoms with E-state index >= 15 is 0 Å². The fourth-order valence-electron chi connectivity index (χ4n) is 2.54. The van der Waals surface area contributed by atoms with Crippen molar-refractivity contribution >= 4 is 23.4 Å². The van der Waals surface area contributed by atoms with E-state index in [0.29, 0.717) is 0 Å². The molecule has 104 valence electrons. The van der Waals surface area contributed by atoms with Crippen molar-refractivity contribution < 1.29 is 4.74 Å². The van der Waals surface area contributed by atoms with Gasteiger partial charge in [0.1, 0.15) is 5.75 Å². The summed E-state index contributed by atoms with van der Waals surface area (Å²) < 4.78 is 6.35. The number of ether oxygens (including phenoxy) is 1. The second-order valence-corrected chi connectivity index (χ2v) is 6.51. The number of rotatable bonds is 2. The summed E-state index contributed by atoms with van der Waals surface area (Å²) in [4.78, 5) is 3.84. The molecular weight excluding hydrogens is 302 g/mol. The first-order chi connectivity index (χ1) is 10.3. The highest BCUT2D eigenvalue weighted by Gasteiger charge is 2.44. The Morgan fingerprint density at radius 2 is 1.76 bits per heavy atom. The molecule has 0 saturated carbocycles. The molecule has 1 atom stereocenters. The first-order valence-corrected chi connectivity index (χ1v) is 7.84. The minimum absolute atomic E-state index is 0.586. The molecule has 4 heteroatoms. The van der Waals surface area contributed by atoms with Gasteiger partial charge in [0, 0.05) is 16.8 Å². The Labute approximate surface area is 132 Å². The fourth-order valence-corrected chi connectivity index (χ4v) is 3.95. The van der Waals surface area contributed by atoms with Crippen LogP contribution in [-0.4, -0.2) is 4.98 Å². The maximum absolute atomic E-state index is 6.35. The molecule has 21 heavy (non-hydrogen) atoms. The van der Waals surface area contributed by atoms with Gasteiger partial charge in [-0.15, -0.1) is 0 Å². The van der Waals surface area contributed by atoms with Crippen molar-refractivity contribution in [2.45, 2.75) is 9.83 Å². The number of nitrogens with one attached hydrogen (secondary N) is 1. The van der Waals surface area contributed by atoms with Gasteiger partial charge in [0.2, 0.25) is 4.93 Å². The summed E-state index contributed by atoms with van der Waals surface area (Å²) >= 11 is 7.73. The lowest BCUT2D eigenvalue weighted by molar-refractivity contribution is 0.213. The van der Waals surface area contributed by atoms with E-state index in [0.717, 1.165) is 26.9 Å². The Balaban J connectivity index is 1.88. The molecule has 0 amide bonds. The smallest absolute Gasteiger partial charge is 0.225 e. The zero-order valence-electron chi connectivity index (χ0n) is 11.0. The van der Waals surface area contributed by atoms with E-state index in [1.807, 2.05) is 60.8 Å². The molecule has 2 aromatic carbocycles. The third kappa shape index (κ3) is 2.04. The quantitative estimate of drug-likeness (QED) is 0.716. The predicted molar refractivity (Wildman–Crippen MR) is 86.0 cm³/mol. The summed E-state index contributed by atoms with van der Waals surface area (Å²) in [6.07, 6.45) is 1.92. The third-order valence-electron chi connectivity index (χ3n) is 3.53. The summed E-state index contributed by atoms with van der Waals surface area (Å²) in [5.41, 5.74) is 2.08. The normalized spacial score (nSPS) is 20.0. The molecule has 1 unspecified atom stereocenters. The van der Waals surface area contributed by atoms with Gasteiger partial charge in [0.05, 0.1) is 10.6 Å². The molecule has 0 fully saturated rings. The van der Waals surface area contributed by atoms with E-state index in [-0.39, 0.29) is 0 Å². The molecular formula is C17H12ClNOS. The average molecular weight is 314 g/mol. The molecule has 3 aromatic rings. The van der Waals surface area contributed by atoms with Crippen molar-refractivity contribution in [1.29, 1.82) is 0 Å². The topological polar surface area (TPSA) is 25.0 Å². The van der Waals surface area contributed by atoms with E-state index in [1.54, 1.807) is 11.8 Å². The van der Waals surface area contributed by atoms with Gasteiger partial charge in [-0.2, -0.15) is 0 Å². The number of thioether (sulfide) groups is 1. The minimum Gasteiger partial charge on any atom is -0.465 e. The number of para-hydroxylation sites is 1. The van der Waals surface area contributed by atoms with Gasteiger partial charge in [-0.3, -0.25) is 0 Å². The van der Waals surface area contributed by atoms with Gasteiger partial charge in [-0.05, 0) is 36.4 Å². The third-order valence-corrected chi connectivity index (χ3v) is 5.17. The van der Waals surface area contributed by atoms with Crippen molar-refractivity contribution in [2.24, 2.45) is 0 Å². The molecule has 0 bridgehead atoms.